The van der Waals surface area contributed by atoms with E-state index in [1.165, 1.54) is 0 Å². The molecule has 0 saturated carbocycles. The van der Waals surface area contributed by atoms with Crippen LogP contribution in [0.3, 0.4) is 0 Å². The van der Waals surface area contributed by atoms with Crippen molar-refractivity contribution >= 4 is 11.6 Å². The maximum atomic E-state index is 11.5. The SMILES string of the molecule is CC1OC(C)C(=O)C(C)(C)C1=O. The third-order valence-corrected chi connectivity index (χ3v) is 2.38. The van der Waals surface area contributed by atoms with Crippen molar-refractivity contribution in [3.8, 4) is 0 Å². The van der Waals surface area contributed by atoms with Gasteiger partial charge in [0, 0.05) is 0 Å². The van der Waals surface area contributed by atoms with Crippen LogP contribution in [0.5, 0.6) is 0 Å². The van der Waals surface area contributed by atoms with Gasteiger partial charge in [0.1, 0.15) is 12.2 Å². The highest BCUT2D eigenvalue weighted by molar-refractivity contribution is 6.11. The van der Waals surface area contributed by atoms with Crippen molar-refractivity contribution in [1.29, 1.82) is 0 Å². The van der Waals surface area contributed by atoms with E-state index in [1.807, 2.05) is 0 Å². The van der Waals surface area contributed by atoms with Crippen LogP contribution in [0, 0.1) is 5.41 Å². The smallest absolute Gasteiger partial charge is 0.174 e. The van der Waals surface area contributed by atoms with Crippen molar-refractivity contribution in [2.45, 2.75) is 39.9 Å². The number of ether oxygens (including phenoxy) is 1. The van der Waals surface area contributed by atoms with Crippen molar-refractivity contribution in [3.63, 3.8) is 0 Å². The first-order chi connectivity index (χ1) is 5.37. The fraction of sp³-hybridized carbons (Fsp3) is 0.778. The molecule has 1 rings (SSSR count). The van der Waals surface area contributed by atoms with Crippen LogP contribution in [-0.4, -0.2) is 23.8 Å². The fourth-order valence-electron chi connectivity index (χ4n) is 1.57. The van der Waals surface area contributed by atoms with E-state index in [-0.39, 0.29) is 11.6 Å². The Balaban J connectivity index is 2.98. The van der Waals surface area contributed by atoms with Gasteiger partial charge < -0.3 is 4.74 Å². The van der Waals surface area contributed by atoms with Gasteiger partial charge in [-0.25, -0.2) is 0 Å². The summed E-state index contributed by atoms with van der Waals surface area (Å²) < 4.78 is 5.15. The second-order valence-electron chi connectivity index (χ2n) is 3.77. The van der Waals surface area contributed by atoms with Gasteiger partial charge in [0.05, 0.1) is 5.41 Å². The monoisotopic (exact) mass is 170 g/mol. The van der Waals surface area contributed by atoms with Crippen LogP contribution in [0.2, 0.25) is 0 Å². The molecule has 1 fully saturated rings. The molecule has 0 bridgehead atoms. The van der Waals surface area contributed by atoms with Gasteiger partial charge in [-0.3, -0.25) is 9.59 Å². The topological polar surface area (TPSA) is 43.4 Å². The minimum atomic E-state index is -0.864. The average molecular weight is 170 g/mol. The van der Waals surface area contributed by atoms with Gasteiger partial charge in [0.2, 0.25) is 0 Å². The summed E-state index contributed by atoms with van der Waals surface area (Å²) >= 11 is 0. The van der Waals surface area contributed by atoms with Crippen LogP contribution >= 0.6 is 0 Å². The van der Waals surface area contributed by atoms with E-state index >= 15 is 0 Å². The Kier molecular flexibility index (Phi) is 2.08. The average Bonchev–Trinajstić information content (AvgIpc) is 1.99. The molecule has 0 aliphatic carbocycles. The maximum absolute atomic E-state index is 11.5. The molecule has 1 heterocycles. The van der Waals surface area contributed by atoms with Crippen LogP contribution in [0.4, 0.5) is 0 Å². The minimum Gasteiger partial charge on any atom is -0.360 e. The Labute approximate surface area is 72.1 Å². The number of carbonyl (C=O) groups is 2. The Hall–Kier alpha value is -0.700. The maximum Gasteiger partial charge on any atom is 0.174 e. The zero-order chi connectivity index (χ0) is 9.52. The van der Waals surface area contributed by atoms with E-state index in [0.29, 0.717) is 0 Å². The molecule has 0 aromatic rings. The Bertz CT molecular complexity index is 208. The molecule has 0 spiro atoms. The lowest BCUT2D eigenvalue weighted by Crippen LogP contribution is -2.52. The van der Waals surface area contributed by atoms with E-state index in [1.54, 1.807) is 27.7 Å². The highest BCUT2D eigenvalue weighted by Gasteiger charge is 2.46. The molecule has 0 radical (unpaired) electrons. The lowest BCUT2D eigenvalue weighted by molar-refractivity contribution is -0.165. The van der Waals surface area contributed by atoms with Crippen molar-refractivity contribution in [2.75, 3.05) is 0 Å². The standard InChI is InChI=1S/C9H14O3/c1-5-7(10)9(3,4)8(11)6(2)12-5/h5-6H,1-4H3. The van der Waals surface area contributed by atoms with E-state index in [0.717, 1.165) is 0 Å². The predicted octanol–water partition coefficient (Wildman–Crippen LogP) is 0.958. The normalized spacial score (nSPS) is 35.3. The Morgan fingerprint density at radius 2 is 1.42 bits per heavy atom. The third-order valence-electron chi connectivity index (χ3n) is 2.38. The summed E-state index contributed by atoms with van der Waals surface area (Å²) in [6.45, 7) is 6.69. The van der Waals surface area contributed by atoms with Gasteiger partial charge in [0.25, 0.3) is 0 Å². The molecule has 0 N–H and O–H groups in total. The van der Waals surface area contributed by atoms with Crippen molar-refractivity contribution in [3.05, 3.63) is 0 Å². The van der Waals surface area contributed by atoms with Crippen LogP contribution in [0.25, 0.3) is 0 Å². The van der Waals surface area contributed by atoms with Crippen molar-refractivity contribution < 1.29 is 14.3 Å². The summed E-state index contributed by atoms with van der Waals surface area (Å²) in [6.07, 6.45) is -0.902. The number of hydrogen-bond donors (Lipinski definition) is 0. The molecule has 3 heteroatoms. The van der Waals surface area contributed by atoms with Gasteiger partial charge >= 0.3 is 0 Å². The number of rotatable bonds is 0. The fourth-order valence-corrected chi connectivity index (χ4v) is 1.57. The molecular formula is C9H14O3. The molecule has 1 aliphatic heterocycles. The van der Waals surface area contributed by atoms with Gasteiger partial charge in [-0.2, -0.15) is 0 Å². The first kappa shape index (κ1) is 9.39. The molecule has 12 heavy (non-hydrogen) atoms. The Morgan fingerprint density at radius 3 is 1.75 bits per heavy atom. The van der Waals surface area contributed by atoms with Gasteiger partial charge in [0.15, 0.2) is 11.6 Å². The van der Waals surface area contributed by atoms with E-state index in [4.69, 9.17) is 4.74 Å². The van der Waals surface area contributed by atoms with Gasteiger partial charge in [-0.1, -0.05) is 0 Å². The zero-order valence-electron chi connectivity index (χ0n) is 7.88. The van der Waals surface area contributed by atoms with Crippen LogP contribution in [0.15, 0.2) is 0 Å². The third kappa shape index (κ3) is 1.18. The van der Waals surface area contributed by atoms with Crippen LogP contribution in [-0.2, 0) is 14.3 Å². The summed E-state index contributed by atoms with van der Waals surface area (Å²) in [7, 11) is 0. The van der Waals surface area contributed by atoms with Crippen molar-refractivity contribution in [2.24, 2.45) is 5.41 Å². The molecule has 0 aromatic heterocycles. The van der Waals surface area contributed by atoms with Gasteiger partial charge in [-0.05, 0) is 27.7 Å². The summed E-state index contributed by atoms with van der Waals surface area (Å²) in [6, 6.07) is 0. The largest absolute Gasteiger partial charge is 0.360 e. The summed E-state index contributed by atoms with van der Waals surface area (Å²) in [5, 5.41) is 0. The van der Waals surface area contributed by atoms with Crippen LogP contribution < -0.4 is 0 Å². The molecule has 68 valence electrons. The molecule has 0 aromatic carbocycles. The lowest BCUT2D eigenvalue weighted by atomic mass is 9.77. The lowest BCUT2D eigenvalue weighted by Gasteiger charge is -2.34. The first-order valence-corrected chi connectivity index (χ1v) is 4.11. The first-order valence-electron chi connectivity index (χ1n) is 4.11. The van der Waals surface area contributed by atoms with E-state index in [9.17, 15) is 9.59 Å². The summed E-state index contributed by atoms with van der Waals surface area (Å²) in [5.41, 5.74) is -0.864. The highest BCUT2D eigenvalue weighted by atomic mass is 16.5. The molecular weight excluding hydrogens is 156 g/mol. The summed E-state index contributed by atoms with van der Waals surface area (Å²) in [4.78, 5) is 22.9. The van der Waals surface area contributed by atoms with Crippen molar-refractivity contribution in [1.82, 2.24) is 0 Å². The molecule has 3 nitrogen and oxygen atoms in total. The Morgan fingerprint density at radius 1 is 1.08 bits per heavy atom. The molecule has 0 amide bonds. The number of carbonyl (C=O) groups excluding carboxylic acids is 2. The molecule has 2 unspecified atom stereocenters. The predicted molar refractivity (Wildman–Crippen MR) is 43.8 cm³/mol. The molecule has 2 atom stereocenters. The highest BCUT2D eigenvalue weighted by Crippen LogP contribution is 2.28. The number of Topliss-reactive ketones (excluding diaryl/α,β-unsaturated/α-hetero) is 2. The zero-order valence-corrected chi connectivity index (χ0v) is 7.88. The minimum absolute atomic E-state index is 0.120. The summed E-state index contributed by atoms with van der Waals surface area (Å²) in [5.74, 6) is -0.240. The van der Waals surface area contributed by atoms with Crippen LogP contribution in [0.1, 0.15) is 27.7 Å². The number of hydrogen-bond acceptors (Lipinski definition) is 3. The quantitative estimate of drug-likeness (QED) is 0.508. The second-order valence-corrected chi connectivity index (χ2v) is 3.77. The van der Waals surface area contributed by atoms with E-state index < -0.39 is 17.6 Å². The molecule has 1 saturated heterocycles. The molecule has 1 aliphatic rings. The second kappa shape index (κ2) is 2.66. The number of ketones is 2. The van der Waals surface area contributed by atoms with Gasteiger partial charge in [-0.15, -0.1) is 0 Å². The van der Waals surface area contributed by atoms with E-state index in [2.05, 4.69) is 0 Å².